The van der Waals surface area contributed by atoms with Crippen LogP contribution in [0.25, 0.3) is 10.2 Å². The zero-order chi connectivity index (χ0) is 12.5. The topological polar surface area (TPSA) is 37.8 Å². The van der Waals surface area contributed by atoms with Crippen LogP contribution in [0.2, 0.25) is 5.15 Å². The number of fused-ring (bicyclic) bond motifs is 1. The number of hydrogen-bond acceptors (Lipinski definition) is 4. The predicted molar refractivity (Wildman–Crippen MR) is 77.7 cm³/mol. The summed E-state index contributed by atoms with van der Waals surface area (Å²) in [4.78, 5) is 11.2. The molecule has 0 aliphatic heterocycles. The fourth-order valence-electron chi connectivity index (χ4n) is 2.43. The Hall–Kier alpha value is -0.870. The van der Waals surface area contributed by atoms with Crippen LogP contribution in [0.5, 0.6) is 0 Å². The van der Waals surface area contributed by atoms with Gasteiger partial charge in [-0.1, -0.05) is 31.4 Å². The Morgan fingerprint density at radius 3 is 2.89 bits per heavy atom. The number of aromatic nitrogens is 2. The Kier molecular flexibility index (Phi) is 3.39. The first-order chi connectivity index (χ1) is 8.76. The van der Waals surface area contributed by atoms with Crippen LogP contribution in [0.15, 0.2) is 6.07 Å². The van der Waals surface area contributed by atoms with E-state index in [0.29, 0.717) is 17.1 Å². The highest BCUT2D eigenvalue weighted by molar-refractivity contribution is 7.18. The summed E-state index contributed by atoms with van der Waals surface area (Å²) in [6.07, 6.45) is 6.04. The van der Waals surface area contributed by atoms with Gasteiger partial charge in [0.25, 0.3) is 0 Å². The Labute approximate surface area is 116 Å². The van der Waals surface area contributed by atoms with Crippen LogP contribution in [0.1, 0.15) is 37.5 Å². The molecule has 0 bridgehead atoms. The molecule has 0 saturated heterocycles. The summed E-state index contributed by atoms with van der Waals surface area (Å²) in [7, 11) is 0. The lowest BCUT2D eigenvalue weighted by Gasteiger charge is -2.11. The molecule has 0 aromatic carbocycles. The van der Waals surface area contributed by atoms with Gasteiger partial charge in [-0.05, 0) is 25.3 Å². The lowest BCUT2D eigenvalue weighted by atomic mass is 10.2. The van der Waals surface area contributed by atoms with Crippen LogP contribution < -0.4 is 5.32 Å². The third kappa shape index (κ3) is 2.31. The van der Waals surface area contributed by atoms with Crippen molar-refractivity contribution in [2.24, 2.45) is 0 Å². The molecule has 96 valence electrons. The predicted octanol–water partition coefficient (Wildman–Crippen LogP) is 4.26. The molecule has 3 rings (SSSR count). The van der Waals surface area contributed by atoms with Crippen molar-refractivity contribution in [1.82, 2.24) is 9.97 Å². The molecule has 0 unspecified atom stereocenters. The fourth-order valence-corrected chi connectivity index (χ4v) is 3.68. The molecule has 0 atom stereocenters. The maximum absolute atomic E-state index is 6.23. The van der Waals surface area contributed by atoms with E-state index in [1.165, 1.54) is 30.6 Å². The maximum atomic E-state index is 6.23. The minimum Gasteiger partial charge on any atom is -0.351 e. The van der Waals surface area contributed by atoms with Gasteiger partial charge in [-0.3, -0.25) is 0 Å². The van der Waals surface area contributed by atoms with E-state index in [0.717, 1.165) is 16.6 Å². The summed E-state index contributed by atoms with van der Waals surface area (Å²) in [6.45, 7) is 2.14. The van der Waals surface area contributed by atoms with Crippen molar-refractivity contribution in [1.29, 1.82) is 0 Å². The van der Waals surface area contributed by atoms with Crippen LogP contribution in [0.3, 0.4) is 0 Å². The number of rotatable bonds is 3. The average molecular weight is 282 g/mol. The molecule has 0 radical (unpaired) electrons. The molecule has 1 aliphatic rings. The van der Waals surface area contributed by atoms with Crippen molar-refractivity contribution >= 4 is 39.1 Å². The molecule has 2 aromatic heterocycles. The first-order valence-corrected chi connectivity index (χ1v) is 7.68. The van der Waals surface area contributed by atoms with Gasteiger partial charge in [0.05, 0.1) is 0 Å². The van der Waals surface area contributed by atoms with Crippen molar-refractivity contribution in [2.45, 2.75) is 45.1 Å². The molecule has 1 saturated carbocycles. The van der Waals surface area contributed by atoms with E-state index >= 15 is 0 Å². The highest BCUT2D eigenvalue weighted by Crippen LogP contribution is 2.30. The number of hydrogen-bond donors (Lipinski definition) is 1. The van der Waals surface area contributed by atoms with Crippen LogP contribution in [-0.4, -0.2) is 16.0 Å². The Bertz CT molecular complexity index is 561. The van der Waals surface area contributed by atoms with Crippen molar-refractivity contribution < 1.29 is 0 Å². The van der Waals surface area contributed by atoms with Gasteiger partial charge in [0.2, 0.25) is 5.95 Å². The fraction of sp³-hybridized carbons (Fsp3) is 0.538. The van der Waals surface area contributed by atoms with E-state index in [-0.39, 0.29) is 0 Å². The van der Waals surface area contributed by atoms with Crippen molar-refractivity contribution in [2.75, 3.05) is 5.32 Å². The molecule has 0 spiro atoms. The largest absolute Gasteiger partial charge is 0.351 e. The summed E-state index contributed by atoms with van der Waals surface area (Å²) < 4.78 is 0. The lowest BCUT2D eigenvalue weighted by Crippen LogP contribution is -2.16. The Balaban J connectivity index is 1.92. The van der Waals surface area contributed by atoms with Gasteiger partial charge in [0.15, 0.2) is 0 Å². The van der Waals surface area contributed by atoms with Gasteiger partial charge < -0.3 is 5.32 Å². The monoisotopic (exact) mass is 281 g/mol. The number of thiophene rings is 1. The molecule has 1 N–H and O–H groups in total. The van der Waals surface area contributed by atoms with Crippen LogP contribution in [0, 0.1) is 0 Å². The zero-order valence-electron chi connectivity index (χ0n) is 10.4. The zero-order valence-corrected chi connectivity index (χ0v) is 11.9. The Morgan fingerprint density at radius 1 is 1.39 bits per heavy atom. The molecule has 0 amide bonds. The van der Waals surface area contributed by atoms with E-state index in [9.17, 15) is 0 Å². The highest BCUT2D eigenvalue weighted by Gasteiger charge is 2.17. The molecule has 5 heteroatoms. The third-order valence-electron chi connectivity index (χ3n) is 3.43. The summed E-state index contributed by atoms with van der Waals surface area (Å²) in [5.41, 5.74) is 0. The maximum Gasteiger partial charge on any atom is 0.225 e. The molecule has 3 nitrogen and oxygen atoms in total. The van der Waals surface area contributed by atoms with Gasteiger partial charge in [-0.25, -0.2) is 9.97 Å². The van der Waals surface area contributed by atoms with Crippen molar-refractivity contribution in [3.05, 3.63) is 16.1 Å². The first kappa shape index (κ1) is 12.2. The van der Waals surface area contributed by atoms with Crippen molar-refractivity contribution in [3.63, 3.8) is 0 Å². The Morgan fingerprint density at radius 2 is 2.17 bits per heavy atom. The highest BCUT2D eigenvalue weighted by atomic mass is 35.5. The van der Waals surface area contributed by atoms with Gasteiger partial charge in [0, 0.05) is 16.3 Å². The van der Waals surface area contributed by atoms with Gasteiger partial charge in [0.1, 0.15) is 9.98 Å². The quantitative estimate of drug-likeness (QED) is 0.854. The molecule has 1 aliphatic carbocycles. The summed E-state index contributed by atoms with van der Waals surface area (Å²) in [5, 5.41) is 4.95. The van der Waals surface area contributed by atoms with E-state index in [2.05, 4.69) is 28.3 Å². The smallest absolute Gasteiger partial charge is 0.225 e. The average Bonchev–Trinajstić information content (AvgIpc) is 2.97. The minimum absolute atomic E-state index is 0.518. The van der Waals surface area contributed by atoms with Gasteiger partial charge >= 0.3 is 0 Å². The molecule has 1 fully saturated rings. The summed E-state index contributed by atoms with van der Waals surface area (Å²) in [6, 6.07) is 2.62. The summed E-state index contributed by atoms with van der Waals surface area (Å²) in [5.74, 6) is 0.684. The van der Waals surface area contributed by atoms with E-state index < -0.39 is 0 Å². The number of nitrogens with one attached hydrogen (secondary N) is 1. The van der Waals surface area contributed by atoms with Crippen LogP contribution in [0.4, 0.5) is 5.95 Å². The van der Waals surface area contributed by atoms with E-state index in [1.807, 2.05) is 0 Å². The van der Waals surface area contributed by atoms with E-state index in [1.54, 1.807) is 11.3 Å². The summed E-state index contributed by atoms with van der Waals surface area (Å²) >= 11 is 7.94. The second kappa shape index (κ2) is 5.02. The number of halogens is 1. The van der Waals surface area contributed by atoms with Crippen LogP contribution >= 0.6 is 22.9 Å². The second-order valence-electron chi connectivity index (χ2n) is 4.75. The number of anilines is 1. The second-order valence-corrected chi connectivity index (χ2v) is 6.22. The first-order valence-electron chi connectivity index (χ1n) is 6.48. The lowest BCUT2D eigenvalue weighted by molar-refractivity contribution is 0.745. The SMILES string of the molecule is CCc1cc2c(Cl)nc(NC3CCCC3)nc2s1. The third-order valence-corrected chi connectivity index (χ3v) is 4.90. The molecule has 2 aromatic rings. The van der Waals surface area contributed by atoms with Gasteiger partial charge in [-0.2, -0.15) is 0 Å². The standard InChI is InChI=1S/C13H16ClN3S/c1-2-9-7-10-11(14)16-13(17-12(10)18-9)15-8-5-3-4-6-8/h7-8H,2-6H2,1H3,(H,15,16,17). The minimum atomic E-state index is 0.518. The van der Waals surface area contributed by atoms with Crippen LogP contribution in [-0.2, 0) is 6.42 Å². The van der Waals surface area contributed by atoms with E-state index in [4.69, 9.17) is 11.6 Å². The number of nitrogens with zero attached hydrogens (tertiary/aromatic N) is 2. The number of aryl methyl sites for hydroxylation is 1. The van der Waals surface area contributed by atoms with Gasteiger partial charge in [-0.15, -0.1) is 11.3 Å². The van der Waals surface area contributed by atoms with Crippen molar-refractivity contribution in [3.8, 4) is 0 Å². The molecule has 18 heavy (non-hydrogen) atoms. The molecule has 2 heterocycles. The normalized spacial score (nSPS) is 16.6. The molecular weight excluding hydrogens is 266 g/mol. The molecular formula is C13H16ClN3S.